The number of hydrogen-bond acceptors (Lipinski definition) is 7. The zero-order chi connectivity index (χ0) is 31.9. The van der Waals surface area contributed by atoms with E-state index < -0.39 is 17.5 Å². The van der Waals surface area contributed by atoms with Crippen LogP contribution in [0.3, 0.4) is 0 Å². The first-order valence-corrected chi connectivity index (χ1v) is 16.1. The van der Waals surface area contributed by atoms with E-state index >= 15 is 0 Å². The summed E-state index contributed by atoms with van der Waals surface area (Å²) in [5.74, 6) is -0.269. The Morgan fingerprint density at radius 2 is 1.66 bits per heavy atom. The normalized spacial score (nSPS) is 12.3. The summed E-state index contributed by atoms with van der Waals surface area (Å²) in [7, 11) is 0. The van der Waals surface area contributed by atoms with Gasteiger partial charge in [-0.3, -0.25) is 9.59 Å². The van der Waals surface area contributed by atoms with Crippen LogP contribution in [0.5, 0.6) is 0 Å². The van der Waals surface area contributed by atoms with Gasteiger partial charge in [0.05, 0.1) is 22.4 Å². The smallest absolute Gasteiger partial charge is 0.436 e. The molecule has 1 unspecified atom stereocenters. The van der Waals surface area contributed by atoms with Gasteiger partial charge < -0.3 is 21.1 Å². The summed E-state index contributed by atoms with van der Waals surface area (Å²) in [5.41, 5.74) is 7.92. The van der Waals surface area contributed by atoms with E-state index in [1.165, 1.54) is 0 Å². The average Bonchev–Trinajstić information content (AvgIpc) is 3.59. The van der Waals surface area contributed by atoms with Gasteiger partial charge in [0, 0.05) is 11.6 Å². The average molecular weight is 618 g/mol. The summed E-state index contributed by atoms with van der Waals surface area (Å²) in [6.45, 7) is 10.4. The van der Waals surface area contributed by atoms with Crippen molar-refractivity contribution in [2.45, 2.75) is 78.3 Å². The van der Waals surface area contributed by atoms with Gasteiger partial charge in [-0.1, -0.05) is 88.9 Å². The van der Waals surface area contributed by atoms with Crippen LogP contribution in [0.2, 0.25) is 0 Å². The Hall–Kier alpha value is -4.02. The van der Waals surface area contributed by atoms with Gasteiger partial charge in [0.2, 0.25) is 0 Å². The van der Waals surface area contributed by atoms with E-state index in [2.05, 4.69) is 22.7 Å². The lowest BCUT2D eigenvalue weighted by molar-refractivity contribution is 0.0915. The molecular formula is C34H43N5O4S. The standard InChI is InChI=1S/C34H43N5O4S/c1-6-7-8-9-13-20-43-33(42)39-32-26(21-27(44-32)31(41)37-34(4,5)25-14-11-10-12-15-25)29(38-39)36-30(40)24-18-16-23(17-19-24)28(35)22(2)3/h10-12,14-19,21-22,28H,6-9,13,20,35H2,1-5H3,(H,37,41)(H,36,38,40). The van der Waals surface area contributed by atoms with E-state index in [9.17, 15) is 14.4 Å². The summed E-state index contributed by atoms with van der Waals surface area (Å²) in [5, 5.41) is 10.8. The van der Waals surface area contributed by atoms with Crippen molar-refractivity contribution < 1.29 is 19.1 Å². The number of nitrogens with zero attached hydrogens (tertiary/aromatic N) is 2. The minimum Gasteiger partial charge on any atom is -0.448 e. The number of ether oxygens (including phenoxy) is 1. The highest BCUT2D eigenvalue weighted by Crippen LogP contribution is 2.33. The molecule has 0 bridgehead atoms. The van der Waals surface area contributed by atoms with Crippen LogP contribution in [0.4, 0.5) is 10.6 Å². The fourth-order valence-electron chi connectivity index (χ4n) is 4.86. The van der Waals surface area contributed by atoms with Crippen molar-refractivity contribution in [3.05, 3.63) is 82.2 Å². The van der Waals surface area contributed by atoms with Gasteiger partial charge in [-0.2, -0.15) is 4.68 Å². The molecule has 0 radical (unpaired) electrons. The number of aromatic nitrogens is 2. The number of anilines is 1. The van der Waals surface area contributed by atoms with Gasteiger partial charge in [-0.15, -0.1) is 16.4 Å². The van der Waals surface area contributed by atoms with Crippen LogP contribution in [0.1, 0.15) is 104 Å². The molecule has 0 spiro atoms. The highest BCUT2D eigenvalue weighted by Gasteiger charge is 2.27. The molecule has 9 nitrogen and oxygen atoms in total. The molecule has 44 heavy (non-hydrogen) atoms. The predicted octanol–water partition coefficient (Wildman–Crippen LogP) is 7.63. The van der Waals surface area contributed by atoms with Crippen LogP contribution >= 0.6 is 11.3 Å². The second kappa shape index (κ2) is 14.6. The third kappa shape index (κ3) is 7.92. The van der Waals surface area contributed by atoms with Gasteiger partial charge in [0.1, 0.15) is 4.83 Å². The van der Waals surface area contributed by atoms with Gasteiger partial charge in [-0.25, -0.2) is 4.79 Å². The van der Waals surface area contributed by atoms with E-state index in [-0.39, 0.29) is 30.3 Å². The number of hydrogen-bond donors (Lipinski definition) is 3. The molecule has 0 aliphatic rings. The SMILES string of the molecule is CCCCCCCOC(=O)n1nc(NC(=O)c2ccc(C(N)C(C)C)cc2)c2cc(C(=O)NC(C)(C)c3ccccc3)sc21. The Balaban J connectivity index is 1.59. The molecule has 2 aromatic heterocycles. The largest absolute Gasteiger partial charge is 0.448 e. The lowest BCUT2D eigenvalue weighted by atomic mass is 9.94. The molecule has 2 heterocycles. The number of fused-ring (bicyclic) bond motifs is 1. The zero-order valence-corrected chi connectivity index (χ0v) is 27.0. The first-order valence-electron chi connectivity index (χ1n) is 15.3. The van der Waals surface area contributed by atoms with E-state index in [0.717, 1.165) is 59.2 Å². The number of carbonyl (C=O) groups excluding carboxylic acids is 3. The third-order valence-electron chi connectivity index (χ3n) is 7.66. The molecule has 0 saturated heterocycles. The van der Waals surface area contributed by atoms with Gasteiger partial charge >= 0.3 is 6.09 Å². The van der Waals surface area contributed by atoms with Crippen molar-refractivity contribution in [1.29, 1.82) is 0 Å². The number of rotatable bonds is 13. The number of benzene rings is 2. The Kier molecular flexibility index (Phi) is 10.9. The monoisotopic (exact) mass is 617 g/mol. The van der Waals surface area contributed by atoms with Crippen molar-refractivity contribution in [2.75, 3.05) is 11.9 Å². The lowest BCUT2D eigenvalue weighted by Crippen LogP contribution is -2.40. The summed E-state index contributed by atoms with van der Waals surface area (Å²) < 4.78 is 6.66. The summed E-state index contributed by atoms with van der Waals surface area (Å²) in [6, 6.07) is 18.3. The second-order valence-corrected chi connectivity index (χ2v) is 12.9. The quantitative estimate of drug-likeness (QED) is 0.132. The van der Waals surface area contributed by atoms with E-state index in [0.29, 0.717) is 20.7 Å². The molecular weight excluding hydrogens is 574 g/mol. The van der Waals surface area contributed by atoms with Crippen LogP contribution < -0.4 is 16.4 Å². The number of thiophene rings is 1. The Morgan fingerprint density at radius 1 is 0.977 bits per heavy atom. The molecule has 0 fully saturated rings. The molecule has 0 aliphatic carbocycles. The Labute approximate surface area is 263 Å². The van der Waals surface area contributed by atoms with E-state index in [1.807, 2.05) is 70.2 Å². The van der Waals surface area contributed by atoms with Crippen molar-refractivity contribution in [3.8, 4) is 0 Å². The maximum atomic E-state index is 13.4. The second-order valence-electron chi connectivity index (χ2n) is 11.9. The molecule has 4 aromatic rings. The fraction of sp³-hybridized carbons (Fsp3) is 0.412. The number of nitrogens with two attached hydrogens (primary N) is 1. The third-order valence-corrected chi connectivity index (χ3v) is 8.77. The van der Waals surface area contributed by atoms with E-state index in [4.69, 9.17) is 10.5 Å². The number of amides is 2. The summed E-state index contributed by atoms with van der Waals surface area (Å²) >= 11 is 1.12. The number of unbranched alkanes of at least 4 members (excludes halogenated alkanes) is 4. The molecule has 4 N–H and O–H groups in total. The van der Waals surface area contributed by atoms with E-state index in [1.54, 1.807) is 18.2 Å². The Morgan fingerprint density at radius 3 is 2.32 bits per heavy atom. The molecule has 0 aliphatic heterocycles. The fourth-order valence-corrected chi connectivity index (χ4v) is 5.85. The highest BCUT2D eigenvalue weighted by molar-refractivity contribution is 7.20. The van der Waals surface area contributed by atoms with Gasteiger partial charge in [0.15, 0.2) is 5.82 Å². The molecule has 1 atom stereocenters. The zero-order valence-electron chi connectivity index (χ0n) is 26.2. The maximum absolute atomic E-state index is 13.4. The van der Waals surface area contributed by atoms with Gasteiger partial charge in [0.25, 0.3) is 11.8 Å². The van der Waals surface area contributed by atoms with Crippen LogP contribution in [0.15, 0.2) is 60.7 Å². The first kappa shape index (κ1) is 32.9. The van der Waals surface area contributed by atoms with Crippen LogP contribution in [-0.4, -0.2) is 34.3 Å². The first-order chi connectivity index (χ1) is 21.0. The lowest BCUT2D eigenvalue weighted by Gasteiger charge is -2.26. The molecule has 2 aromatic carbocycles. The summed E-state index contributed by atoms with van der Waals surface area (Å²) in [6.07, 6.45) is 4.43. The molecule has 4 rings (SSSR count). The minimum atomic E-state index is -0.656. The van der Waals surface area contributed by atoms with Crippen molar-refractivity contribution in [1.82, 2.24) is 15.1 Å². The molecule has 10 heteroatoms. The summed E-state index contributed by atoms with van der Waals surface area (Å²) in [4.78, 5) is 40.6. The molecule has 2 amide bonds. The van der Waals surface area contributed by atoms with Crippen LogP contribution in [0.25, 0.3) is 10.2 Å². The minimum absolute atomic E-state index is 0.137. The number of nitrogens with one attached hydrogen (secondary N) is 2. The highest BCUT2D eigenvalue weighted by atomic mass is 32.1. The predicted molar refractivity (Wildman–Crippen MR) is 176 cm³/mol. The topological polar surface area (TPSA) is 128 Å². The Bertz CT molecular complexity index is 1570. The van der Waals surface area contributed by atoms with Gasteiger partial charge in [-0.05, 0) is 55.5 Å². The van der Waals surface area contributed by atoms with Crippen molar-refractivity contribution in [2.24, 2.45) is 11.7 Å². The van der Waals surface area contributed by atoms with Crippen LogP contribution in [-0.2, 0) is 10.3 Å². The molecule has 0 saturated carbocycles. The van der Waals surface area contributed by atoms with Crippen molar-refractivity contribution >= 4 is 45.3 Å². The van der Waals surface area contributed by atoms with Crippen LogP contribution in [0, 0.1) is 5.92 Å². The molecule has 234 valence electrons. The maximum Gasteiger partial charge on any atom is 0.436 e. The van der Waals surface area contributed by atoms with Crippen molar-refractivity contribution in [3.63, 3.8) is 0 Å². The number of carbonyl (C=O) groups is 3.